The largest absolute Gasteiger partial charge is 0.342 e. The van der Waals surface area contributed by atoms with Crippen LogP contribution < -0.4 is 5.32 Å². The van der Waals surface area contributed by atoms with Gasteiger partial charge in [0.15, 0.2) is 0 Å². The number of piperidine rings is 1. The maximum absolute atomic E-state index is 12.4. The van der Waals surface area contributed by atoms with Gasteiger partial charge < -0.3 is 10.2 Å². The van der Waals surface area contributed by atoms with Gasteiger partial charge in [-0.05, 0) is 43.2 Å². The van der Waals surface area contributed by atoms with E-state index < -0.39 is 0 Å². The molecule has 0 saturated carbocycles. The van der Waals surface area contributed by atoms with E-state index in [0.717, 1.165) is 31.7 Å². The molecule has 1 aliphatic heterocycles. The zero-order valence-electron chi connectivity index (χ0n) is 15.8. The Kier molecular flexibility index (Phi) is 6.76. The minimum Gasteiger partial charge on any atom is -0.342 e. The molecular weight excluding hydrogens is 316 g/mol. The van der Waals surface area contributed by atoms with Crippen LogP contribution >= 0.6 is 11.8 Å². The molecule has 3 nitrogen and oxygen atoms in total. The monoisotopic (exact) mass is 348 g/mol. The van der Waals surface area contributed by atoms with Crippen LogP contribution in [0, 0.1) is 5.41 Å². The highest BCUT2D eigenvalue weighted by Crippen LogP contribution is 2.24. The summed E-state index contributed by atoms with van der Waals surface area (Å²) in [6, 6.07) is 9.73. The lowest BCUT2D eigenvalue weighted by molar-refractivity contribution is -0.140. The maximum Gasteiger partial charge on any atom is 0.227 e. The van der Waals surface area contributed by atoms with Crippen molar-refractivity contribution in [2.24, 2.45) is 5.41 Å². The summed E-state index contributed by atoms with van der Waals surface area (Å²) in [5.41, 5.74) is 1.06. The number of rotatable bonds is 5. The highest BCUT2D eigenvalue weighted by Gasteiger charge is 2.30. The molecule has 0 bridgehead atoms. The fourth-order valence-electron chi connectivity index (χ4n) is 3.19. The molecule has 4 heteroatoms. The first-order valence-corrected chi connectivity index (χ1v) is 10.1. The fourth-order valence-corrected chi connectivity index (χ4v) is 3.85. The molecule has 0 aromatic heterocycles. The van der Waals surface area contributed by atoms with E-state index in [0.29, 0.717) is 12.1 Å². The number of benzene rings is 1. The molecule has 1 fully saturated rings. The molecule has 0 unspecified atom stereocenters. The van der Waals surface area contributed by atoms with Gasteiger partial charge in [-0.1, -0.05) is 39.8 Å². The Bertz CT molecular complexity index is 528. The fraction of sp³-hybridized carbons (Fsp3) is 0.650. The van der Waals surface area contributed by atoms with E-state index >= 15 is 0 Å². The van der Waals surface area contributed by atoms with Crippen molar-refractivity contribution in [2.75, 3.05) is 18.8 Å². The standard InChI is InChI=1S/C20H32N2OS/c1-6-24-18-9-7-16(8-10-18)15(2)21-17-11-13-22(14-12-17)19(23)20(3,4)5/h7-10,15,17,21H,6,11-14H2,1-5H3/t15-/m0/s1. The van der Waals surface area contributed by atoms with Gasteiger partial charge >= 0.3 is 0 Å². The van der Waals surface area contributed by atoms with Crippen LogP contribution in [0.2, 0.25) is 0 Å². The van der Waals surface area contributed by atoms with E-state index in [-0.39, 0.29) is 11.3 Å². The summed E-state index contributed by atoms with van der Waals surface area (Å²) in [4.78, 5) is 15.7. The summed E-state index contributed by atoms with van der Waals surface area (Å²) in [6.45, 7) is 12.2. The third-order valence-corrected chi connectivity index (χ3v) is 5.49. The zero-order valence-corrected chi connectivity index (χ0v) is 16.6. The molecule has 2 rings (SSSR count). The Morgan fingerprint density at radius 2 is 1.83 bits per heavy atom. The first-order valence-electron chi connectivity index (χ1n) is 9.09. The minimum absolute atomic E-state index is 0.272. The number of likely N-dealkylation sites (tertiary alicyclic amines) is 1. The molecule has 1 amide bonds. The molecule has 1 heterocycles. The van der Waals surface area contributed by atoms with Crippen LogP contribution in [0.1, 0.15) is 59.1 Å². The number of nitrogens with one attached hydrogen (secondary N) is 1. The van der Waals surface area contributed by atoms with Gasteiger partial charge in [-0.3, -0.25) is 4.79 Å². The van der Waals surface area contributed by atoms with Crippen molar-refractivity contribution in [3.8, 4) is 0 Å². The number of carbonyl (C=O) groups excluding carboxylic acids is 1. The van der Waals surface area contributed by atoms with Crippen molar-refractivity contribution in [1.29, 1.82) is 0 Å². The van der Waals surface area contributed by atoms with Gasteiger partial charge in [0.05, 0.1) is 0 Å². The highest BCUT2D eigenvalue weighted by atomic mass is 32.2. The average Bonchev–Trinajstić information content (AvgIpc) is 2.55. The Hall–Kier alpha value is -1.00. The Balaban J connectivity index is 1.83. The van der Waals surface area contributed by atoms with Crippen LogP contribution in [0.4, 0.5) is 0 Å². The molecule has 1 aromatic carbocycles. The van der Waals surface area contributed by atoms with Gasteiger partial charge in [-0.25, -0.2) is 0 Å². The molecule has 24 heavy (non-hydrogen) atoms. The molecule has 134 valence electrons. The van der Waals surface area contributed by atoms with Gasteiger partial charge in [0.25, 0.3) is 0 Å². The zero-order chi connectivity index (χ0) is 17.7. The van der Waals surface area contributed by atoms with Crippen LogP contribution in [0.5, 0.6) is 0 Å². The van der Waals surface area contributed by atoms with E-state index in [1.165, 1.54) is 10.5 Å². The van der Waals surface area contributed by atoms with Crippen LogP contribution in [0.15, 0.2) is 29.2 Å². The van der Waals surface area contributed by atoms with Crippen molar-refractivity contribution in [3.05, 3.63) is 29.8 Å². The summed E-state index contributed by atoms with van der Waals surface area (Å²) < 4.78 is 0. The second-order valence-corrected chi connectivity index (χ2v) is 9.04. The lowest BCUT2D eigenvalue weighted by Gasteiger charge is -2.37. The average molecular weight is 349 g/mol. The summed E-state index contributed by atoms with van der Waals surface area (Å²) >= 11 is 1.88. The normalized spacial score (nSPS) is 17.8. The molecule has 1 saturated heterocycles. The van der Waals surface area contributed by atoms with Gasteiger partial charge in [0.1, 0.15) is 0 Å². The highest BCUT2D eigenvalue weighted by molar-refractivity contribution is 7.99. The smallest absolute Gasteiger partial charge is 0.227 e. The Labute approximate surface area is 151 Å². The summed E-state index contributed by atoms with van der Waals surface area (Å²) in [6.07, 6.45) is 2.08. The maximum atomic E-state index is 12.4. The third-order valence-electron chi connectivity index (χ3n) is 4.60. The molecule has 1 N–H and O–H groups in total. The van der Waals surface area contributed by atoms with Crippen LogP contribution in [-0.2, 0) is 4.79 Å². The summed E-state index contributed by atoms with van der Waals surface area (Å²) in [7, 11) is 0. The molecule has 0 radical (unpaired) electrons. The predicted octanol–water partition coefficient (Wildman–Crippen LogP) is 4.49. The van der Waals surface area contributed by atoms with Crippen molar-refractivity contribution < 1.29 is 4.79 Å². The van der Waals surface area contributed by atoms with Gasteiger partial charge in [0, 0.05) is 35.5 Å². The first kappa shape index (κ1) is 19.3. The first-order chi connectivity index (χ1) is 11.3. The van der Waals surface area contributed by atoms with Crippen molar-refractivity contribution in [3.63, 3.8) is 0 Å². The topological polar surface area (TPSA) is 32.3 Å². The third kappa shape index (κ3) is 5.25. The van der Waals surface area contributed by atoms with Crippen LogP contribution in [-0.4, -0.2) is 35.7 Å². The molecular formula is C20H32N2OS. The van der Waals surface area contributed by atoms with Crippen molar-refractivity contribution in [2.45, 2.75) is 64.4 Å². The SMILES string of the molecule is CCSc1ccc([C@H](C)NC2CCN(C(=O)C(C)(C)C)CC2)cc1. The summed E-state index contributed by atoms with van der Waals surface area (Å²) in [5, 5.41) is 3.74. The molecule has 0 spiro atoms. The lowest BCUT2D eigenvalue weighted by Crippen LogP contribution is -2.48. The predicted molar refractivity (Wildman–Crippen MR) is 103 cm³/mol. The van der Waals surface area contributed by atoms with Gasteiger partial charge in [-0.2, -0.15) is 0 Å². The van der Waals surface area contributed by atoms with E-state index in [1.807, 2.05) is 37.4 Å². The lowest BCUT2D eigenvalue weighted by atomic mass is 9.92. The second kappa shape index (κ2) is 8.39. The molecule has 1 atom stereocenters. The Morgan fingerprint density at radius 1 is 1.25 bits per heavy atom. The van der Waals surface area contributed by atoms with Gasteiger partial charge in [0.2, 0.25) is 5.91 Å². The van der Waals surface area contributed by atoms with E-state index in [2.05, 4.69) is 43.4 Å². The molecule has 0 aliphatic carbocycles. The Morgan fingerprint density at radius 3 is 2.33 bits per heavy atom. The second-order valence-electron chi connectivity index (χ2n) is 7.71. The summed E-state index contributed by atoms with van der Waals surface area (Å²) in [5.74, 6) is 1.39. The van der Waals surface area contributed by atoms with E-state index in [9.17, 15) is 4.79 Å². The quantitative estimate of drug-likeness (QED) is 0.796. The molecule has 1 aliphatic rings. The van der Waals surface area contributed by atoms with E-state index in [1.54, 1.807) is 0 Å². The number of thioether (sulfide) groups is 1. The number of amides is 1. The molecule has 1 aromatic rings. The van der Waals surface area contributed by atoms with Crippen LogP contribution in [0.25, 0.3) is 0 Å². The van der Waals surface area contributed by atoms with Crippen LogP contribution in [0.3, 0.4) is 0 Å². The number of hydrogen-bond donors (Lipinski definition) is 1. The van der Waals surface area contributed by atoms with Crippen molar-refractivity contribution in [1.82, 2.24) is 10.2 Å². The van der Waals surface area contributed by atoms with E-state index in [4.69, 9.17) is 0 Å². The number of hydrogen-bond acceptors (Lipinski definition) is 3. The van der Waals surface area contributed by atoms with Gasteiger partial charge in [-0.15, -0.1) is 11.8 Å². The minimum atomic E-state index is -0.272. The number of nitrogens with zero attached hydrogens (tertiary/aromatic N) is 1. The van der Waals surface area contributed by atoms with Crippen molar-refractivity contribution >= 4 is 17.7 Å². The number of carbonyl (C=O) groups is 1.